The van der Waals surface area contributed by atoms with Crippen LogP contribution in [0, 0.1) is 0 Å². The summed E-state index contributed by atoms with van der Waals surface area (Å²) in [5.41, 5.74) is 0.741. The van der Waals surface area contributed by atoms with E-state index in [9.17, 15) is 4.79 Å². The molecule has 0 atom stereocenters. The smallest absolute Gasteiger partial charge is 0.228 e. The zero-order chi connectivity index (χ0) is 19.2. The highest BCUT2D eigenvalue weighted by Crippen LogP contribution is 2.40. The standard InChI is InChI=1S/C19H27N3O4S/c1-4-5-16(23)22(9-8-21-10-12-26-13-11-21)19-20-17-14(24-2)6-7-15(25-3)18(17)27-19/h6-7H,4-5,8-13H2,1-3H3/p+1. The molecular weight excluding hydrogens is 366 g/mol. The third kappa shape index (κ3) is 4.51. The molecule has 0 spiro atoms. The number of benzene rings is 1. The molecule has 148 valence electrons. The topological polar surface area (TPSA) is 65.3 Å². The Labute approximate surface area is 163 Å². The Kier molecular flexibility index (Phi) is 6.87. The number of rotatable bonds is 8. The van der Waals surface area contributed by atoms with Crippen molar-refractivity contribution < 1.29 is 23.9 Å². The molecule has 1 aliphatic heterocycles. The number of morpholine rings is 1. The summed E-state index contributed by atoms with van der Waals surface area (Å²) < 4.78 is 17.3. The van der Waals surface area contributed by atoms with Crippen LogP contribution in [0.1, 0.15) is 19.8 Å². The molecule has 0 radical (unpaired) electrons. The van der Waals surface area contributed by atoms with Gasteiger partial charge in [-0.1, -0.05) is 18.3 Å². The molecule has 2 aromatic rings. The fourth-order valence-corrected chi connectivity index (χ4v) is 4.36. The highest BCUT2D eigenvalue weighted by Gasteiger charge is 2.24. The summed E-state index contributed by atoms with van der Waals surface area (Å²) in [5, 5.41) is 0.707. The quantitative estimate of drug-likeness (QED) is 0.733. The molecule has 1 N–H and O–H groups in total. The molecule has 1 aliphatic rings. The summed E-state index contributed by atoms with van der Waals surface area (Å²) >= 11 is 1.48. The Hall–Kier alpha value is -1.90. The van der Waals surface area contributed by atoms with E-state index in [0.29, 0.717) is 23.8 Å². The average Bonchev–Trinajstić information content (AvgIpc) is 3.13. The van der Waals surface area contributed by atoms with Gasteiger partial charge in [0.2, 0.25) is 5.91 Å². The first kappa shape index (κ1) is 19.9. The molecule has 0 saturated carbocycles. The lowest BCUT2D eigenvalue weighted by Gasteiger charge is -2.26. The van der Waals surface area contributed by atoms with Crippen LogP contribution in [-0.4, -0.2) is 64.5 Å². The number of carbonyl (C=O) groups excluding carboxylic acids is 1. The monoisotopic (exact) mass is 394 g/mol. The number of ether oxygens (including phenoxy) is 3. The maximum atomic E-state index is 12.8. The van der Waals surface area contributed by atoms with Gasteiger partial charge >= 0.3 is 0 Å². The van der Waals surface area contributed by atoms with Crippen molar-refractivity contribution in [2.75, 3.05) is 58.5 Å². The Morgan fingerprint density at radius 2 is 1.96 bits per heavy atom. The van der Waals surface area contributed by atoms with Crippen LogP contribution in [-0.2, 0) is 9.53 Å². The van der Waals surface area contributed by atoms with Crippen LogP contribution in [0.4, 0.5) is 5.13 Å². The Morgan fingerprint density at radius 3 is 2.63 bits per heavy atom. The van der Waals surface area contributed by atoms with Gasteiger partial charge in [-0.05, 0) is 18.6 Å². The molecule has 1 amide bonds. The van der Waals surface area contributed by atoms with E-state index in [1.807, 2.05) is 24.0 Å². The van der Waals surface area contributed by atoms with Crippen LogP contribution in [0.3, 0.4) is 0 Å². The minimum Gasteiger partial charge on any atom is -0.495 e. The van der Waals surface area contributed by atoms with Gasteiger partial charge in [-0.2, -0.15) is 0 Å². The van der Waals surface area contributed by atoms with Crippen molar-refractivity contribution in [3.63, 3.8) is 0 Å². The molecule has 1 aromatic carbocycles. The number of carbonyl (C=O) groups is 1. The molecule has 1 saturated heterocycles. The summed E-state index contributed by atoms with van der Waals surface area (Å²) in [6, 6.07) is 3.72. The maximum absolute atomic E-state index is 12.8. The molecule has 8 heteroatoms. The highest BCUT2D eigenvalue weighted by atomic mass is 32.1. The van der Waals surface area contributed by atoms with Gasteiger partial charge < -0.3 is 19.1 Å². The lowest BCUT2D eigenvalue weighted by atomic mass is 10.3. The Balaban J connectivity index is 1.89. The Bertz CT molecular complexity index is 733. The third-order valence-corrected chi connectivity index (χ3v) is 5.88. The van der Waals surface area contributed by atoms with Crippen molar-refractivity contribution >= 4 is 32.6 Å². The fraction of sp³-hybridized carbons (Fsp3) is 0.579. The summed E-state index contributed by atoms with van der Waals surface area (Å²) in [7, 11) is 3.27. The first-order chi connectivity index (χ1) is 13.2. The number of fused-ring (bicyclic) bond motifs is 1. The zero-order valence-corrected chi connectivity index (χ0v) is 17.1. The average molecular weight is 395 g/mol. The molecule has 2 heterocycles. The number of hydrogen-bond donors (Lipinski definition) is 1. The van der Waals surface area contributed by atoms with Gasteiger partial charge in [-0.3, -0.25) is 9.69 Å². The number of thiazole rings is 1. The molecule has 27 heavy (non-hydrogen) atoms. The first-order valence-electron chi connectivity index (χ1n) is 9.41. The predicted molar refractivity (Wildman–Crippen MR) is 106 cm³/mol. The number of quaternary nitrogens is 1. The molecular formula is C19H28N3O4S+. The summed E-state index contributed by atoms with van der Waals surface area (Å²) in [6.07, 6.45) is 1.33. The molecule has 0 unspecified atom stereocenters. The van der Waals surface area contributed by atoms with Crippen LogP contribution in [0.2, 0.25) is 0 Å². The van der Waals surface area contributed by atoms with Gasteiger partial charge in [0.05, 0.1) is 40.5 Å². The van der Waals surface area contributed by atoms with E-state index in [1.54, 1.807) is 14.2 Å². The van der Waals surface area contributed by atoms with E-state index in [0.717, 1.165) is 55.2 Å². The number of methoxy groups -OCH3 is 2. The largest absolute Gasteiger partial charge is 0.495 e. The van der Waals surface area contributed by atoms with E-state index in [1.165, 1.54) is 16.2 Å². The predicted octanol–water partition coefficient (Wildman–Crippen LogP) is 1.36. The number of nitrogens with zero attached hydrogens (tertiary/aromatic N) is 2. The first-order valence-corrected chi connectivity index (χ1v) is 10.2. The summed E-state index contributed by atoms with van der Waals surface area (Å²) in [4.78, 5) is 20.8. The van der Waals surface area contributed by atoms with Crippen LogP contribution in [0.5, 0.6) is 11.5 Å². The molecule has 1 aromatic heterocycles. The van der Waals surface area contributed by atoms with Gasteiger partial charge in [0.15, 0.2) is 5.13 Å². The van der Waals surface area contributed by atoms with Gasteiger partial charge in [0.25, 0.3) is 0 Å². The third-order valence-electron chi connectivity index (χ3n) is 4.78. The normalized spacial score (nSPS) is 15.1. The molecule has 0 bridgehead atoms. The van der Waals surface area contributed by atoms with Crippen molar-refractivity contribution in [2.24, 2.45) is 0 Å². The van der Waals surface area contributed by atoms with Crippen molar-refractivity contribution in [3.05, 3.63) is 12.1 Å². The Morgan fingerprint density at radius 1 is 1.26 bits per heavy atom. The SMILES string of the molecule is CCCC(=O)N(CC[NH+]1CCOCC1)c1nc2c(OC)ccc(OC)c2s1. The second-order valence-corrected chi connectivity index (χ2v) is 7.53. The van der Waals surface area contributed by atoms with Gasteiger partial charge in [0, 0.05) is 6.42 Å². The van der Waals surface area contributed by atoms with Gasteiger partial charge in [0.1, 0.15) is 34.8 Å². The maximum Gasteiger partial charge on any atom is 0.228 e. The molecule has 0 aliphatic carbocycles. The number of nitrogens with one attached hydrogen (secondary N) is 1. The molecule has 3 rings (SSSR count). The lowest BCUT2D eigenvalue weighted by Crippen LogP contribution is -3.14. The van der Waals surface area contributed by atoms with E-state index in [-0.39, 0.29) is 5.91 Å². The van der Waals surface area contributed by atoms with Gasteiger partial charge in [-0.15, -0.1) is 0 Å². The van der Waals surface area contributed by atoms with E-state index >= 15 is 0 Å². The van der Waals surface area contributed by atoms with Crippen LogP contribution < -0.4 is 19.3 Å². The lowest BCUT2D eigenvalue weighted by molar-refractivity contribution is -0.906. The van der Waals surface area contributed by atoms with E-state index < -0.39 is 0 Å². The number of aromatic nitrogens is 1. The van der Waals surface area contributed by atoms with Crippen molar-refractivity contribution in [2.45, 2.75) is 19.8 Å². The van der Waals surface area contributed by atoms with Crippen LogP contribution in [0.15, 0.2) is 12.1 Å². The summed E-state index contributed by atoms with van der Waals surface area (Å²) in [5.74, 6) is 1.55. The summed E-state index contributed by atoms with van der Waals surface area (Å²) in [6.45, 7) is 7.10. The van der Waals surface area contributed by atoms with Crippen LogP contribution in [0.25, 0.3) is 10.2 Å². The van der Waals surface area contributed by atoms with Crippen LogP contribution >= 0.6 is 11.3 Å². The van der Waals surface area contributed by atoms with Crippen molar-refractivity contribution in [1.82, 2.24) is 4.98 Å². The minimum absolute atomic E-state index is 0.113. The molecule has 7 nitrogen and oxygen atoms in total. The number of anilines is 1. The fourth-order valence-electron chi connectivity index (χ4n) is 3.25. The zero-order valence-electron chi connectivity index (χ0n) is 16.2. The van der Waals surface area contributed by atoms with E-state index in [4.69, 9.17) is 19.2 Å². The highest BCUT2D eigenvalue weighted by molar-refractivity contribution is 7.22. The second kappa shape index (κ2) is 9.34. The number of hydrogen-bond acceptors (Lipinski definition) is 6. The van der Waals surface area contributed by atoms with Crippen molar-refractivity contribution in [1.29, 1.82) is 0 Å². The van der Waals surface area contributed by atoms with Gasteiger partial charge in [-0.25, -0.2) is 4.98 Å². The van der Waals surface area contributed by atoms with E-state index in [2.05, 4.69) is 0 Å². The number of amides is 1. The van der Waals surface area contributed by atoms with Crippen molar-refractivity contribution in [3.8, 4) is 11.5 Å². The molecule has 1 fully saturated rings. The second-order valence-electron chi connectivity index (χ2n) is 6.55. The minimum atomic E-state index is 0.113.